The minimum Gasteiger partial charge on any atom is -0.508 e. The number of carbonyl (C=O) groups excluding carboxylic acids is 2. The van der Waals surface area contributed by atoms with Gasteiger partial charge in [0.15, 0.2) is 11.6 Å². The van der Waals surface area contributed by atoms with Crippen LogP contribution in [-0.4, -0.2) is 21.8 Å². The molecule has 4 nitrogen and oxygen atoms in total. The molecule has 0 bridgehead atoms. The summed E-state index contributed by atoms with van der Waals surface area (Å²) in [6.45, 7) is 0. The van der Waals surface area contributed by atoms with Crippen molar-refractivity contribution in [3.8, 4) is 47.0 Å². The normalized spacial score (nSPS) is 9.75. The van der Waals surface area contributed by atoms with Crippen LogP contribution in [0.5, 0.6) is 11.5 Å². The first-order valence-corrected chi connectivity index (χ1v) is 19.4. The number of rotatable bonds is 4. The molecule has 0 spiro atoms. The van der Waals surface area contributed by atoms with E-state index in [0.29, 0.717) is 22.3 Å². The zero-order valence-electron chi connectivity index (χ0n) is 33.7. The van der Waals surface area contributed by atoms with Crippen LogP contribution in [0, 0.1) is 58.8 Å². The molecule has 0 aliphatic carbocycles. The molecule has 64 heavy (non-hydrogen) atoms. The molecule has 8 heteroatoms. The molecular formula is C56H34F4O4. The second-order valence-corrected chi connectivity index (χ2v) is 13.7. The van der Waals surface area contributed by atoms with Crippen molar-refractivity contribution in [3.63, 3.8) is 0 Å². The topological polar surface area (TPSA) is 74.6 Å². The van der Waals surface area contributed by atoms with Gasteiger partial charge in [-0.3, -0.25) is 9.59 Å². The smallest absolute Gasteiger partial charge is 0.193 e. The lowest BCUT2D eigenvalue weighted by Crippen LogP contribution is -2.01. The Morgan fingerprint density at radius 3 is 0.641 bits per heavy atom. The molecule has 2 N–H and O–H groups in total. The van der Waals surface area contributed by atoms with E-state index in [9.17, 15) is 27.2 Å². The fourth-order valence-corrected chi connectivity index (χ4v) is 5.53. The Bertz CT molecular complexity index is 2710. The second kappa shape index (κ2) is 22.1. The van der Waals surface area contributed by atoms with Gasteiger partial charge in [-0.25, -0.2) is 17.6 Å². The van der Waals surface area contributed by atoms with E-state index >= 15 is 0 Å². The molecule has 0 unspecified atom stereocenters. The van der Waals surface area contributed by atoms with E-state index in [1.807, 2.05) is 0 Å². The fourth-order valence-electron chi connectivity index (χ4n) is 5.53. The molecule has 0 aliphatic rings. The number of ketones is 2. The highest BCUT2D eigenvalue weighted by Gasteiger charge is 2.10. The molecule has 8 aromatic carbocycles. The van der Waals surface area contributed by atoms with Crippen LogP contribution < -0.4 is 0 Å². The predicted octanol–water partition coefficient (Wildman–Crippen LogP) is 11.7. The third kappa shape index (κ3) is 13.8. The van der Waals surface area contributed by atoms with Crippen molar-refractivity contribution in [2.75, 3.05) is 0 Å². The van der Waals surface area contributed by atoms with Gasteiger partial charge in [-0.15, -0.1) is 0 Å². The van der Waals surface area contributed by atoms with Gasteiger partial charge < -0.3 is 10.2 Å². The van der Waals surface area contributed by atoms with Crippen LogP contribution >= 0.6 is 0 Å². The lowest BCUT2D eigenvalue weighted by molar-refractivity contribution is 0.103. The molecule has 0 saturated carbocycles. The standard InChI is InChI=1S/C28H16F2O2.C14H8F2.C14H10O2/c29-25-15-11-23(12-16-25)27(31)21-7-3-19(4-8-21)1-2-20-5-9-22(10-6-20)28(32)24-13-17-26(30)18-14-24;2*15-13-7-3-11(4-8-13)1-2-12-5-9-14(16)10-6-12/h3-18H;3-10H;3-10,15-16H. The monoisotopic (exact) mass is 846 g/mol. The summed E-state index contributed by atoms with van der Waals surface area (Å²) in [5.74, 6) is 16.5. The van der Waals surface area contributed by atoms with Crippen LogP contribution in [-0.2, 0) is 0 Å². The average molecular weight is 847 g/mol. The number of benzene rings is 8. The average Bonchev–Trinajstić information content (AvgIpc) is 3.32. The number of phenolic OH excluding ortho intramolecular Hbond substituents is 2. The van der Waals surface area contributed by atoms with Crippen molar-refractivity contribution >= 4 is 11.6 Å². The highest BCUT2D eigenvalue weighted by Crippen LogP contribution is 2.15. The molecule has 310 valence electrons. The number of hydrogen-bond acceptors (Lipinski definition) is 4. The first-order valence-electron chi connectivity index (χ1n) is 19.4. The minimum absolute atomic E-state index is 0.189. The quantitative estimate of drug-likeness (QED) is 0.105. The van der Waals surface area contributed by atoms with Gasteiger partial charge in [0.05, 0.1) is 0 Å². The van der Waals surface area contributed by atoms with Crippen LogP contribution in [0.3, 0.4) is 0 Å². The molecule has 0 heterocycles. The maximum absolute atomic E-state index is 13.0. The number of carbonyl (C=O) groups is 2. The Morgan fingerprint density at radius 2 is 0.422 bits per heavy atom. The Hall–Kier alpha value is -8.90. The Morgan fingerprint density at radius 1 is 0.266 bits per heavy atom. The van der Waals surface area contributed by atoms with Crippen molar-refractivity contribution in [3.05, 3.63) is 273 Å². The largest absolute Gasteiger partial charge is 0.508 e. The van der Waals surface area contributed by atoms with Gasteiger partial charge in [0.25, 0.3) is 0 Å². The number of hydrogen-bond donors (Lipinski definition) is 2. The first kappa shape index (κ1) is 44.6. The third-order valence-electron chi connectivity index (χ3n) is 8.98. The van der Waals surface area contributed by atoms with Gasteiger partial charge >= 0.3 is 0 Å². The number of aromatic hydroxyl groups is 2. The van der Waals surface area contributed by atoms with Crippen LogP contribution in [0.15, 0.2) is 194 Å². The van der Waals surface area contributed by atoms with Gasteiger partial charge in [-0.05, 0) is 194 Å². The van der Waals surface area contributed by atoms with E-state index in [1.165, 1.54) is 72.8 Å². The lowest BCUT2D eigenvalue weighted by Gasteiger charge is -2.02. The summed E-state index contributed by atoms with van der Waals surface area (Å²) in [7, 11) is 0. The van der Waals surface area contributed by atoms with E-state index in [0.717, 1.165) is 33.4 Å². The fraction of sp³-hybridized carbons (Fsp3) is 0. The Kier molecular flexibility index (Phi) is 15.4. The molecule has 0 aliphatic heterocycles. The first-order chi connectivity index (χ1) is 31.0. The van der Waals surface area contributed by atoms with E-state index in [4.69, 9.17) is 10.2 Å². The van der Waals surface area contributed by atoms with E-state index in [2.05, 4.69) is 35.5 Å². The maximum atomic E-state index is 13.0. The molecule has 0 radical (unpaired) electrons. The summed E-state index contributed by atoms with van der Waals surface area (Å²) in [4.78, 5) is 24.9. The summed E-state index contributed by atoms with van der Waals surface area (Å²) < 4.78 is 51.3. The molecule has 8 rings (SSSR count). The predicted molar refractivity (Wildman–Crippen MR) is 240 cm³/mol. The van der Waals surface area contributed by atoms with Gasteiger partial charge in [0, 0.05) is 55.6 Å². The van der Waals surface area contributed by atoms with Gasteiger partial charge in [-0.1, -0.05) is 35.5 Å². The van der Waals surface area contributed by atoms with Crippen molar-refractivity contribution < 1.29 is 37.4 Å². The van der Waals surface area contributed by atoms with E-state index in [-0.39, 0.29) is 46.3 Å². The zero-order valence-corrected chi connectivity index (χ0v) is 33.7. The Labute approximate surface area is 367 Å². The van der Waals surface area contributed by atoms with Crippen LogP contribution in [0.4, 0.5) is 17.6 Å². The third-order valence-corrected chi connectivity index (χ3v) is 8.98. The highest BCUT2D eigenvalue weighted by molar-refractivity contribution is 6.09. The summed E-state index contributed by atoms with van der Waals surface area (Å²) >= 11 is 0. The van der Waals surface area contributed by atoms with Crippen LogP contribution in [0.2, 0.25) is 0 Å². The molecular weight excluding hydrogens is 813 g/mol. The van der Waals surface area contributed by atoms with Crippen LogP contribution in [0.25, 0.3) is 0 Å². The van der Waals surface area contributed by atoms with Crippen molar-refractivity contribution in [1.29, 1.82) is 0 Å². The minimum atomic E-state index is -0.389. The SMILES string of the molecule is Fc1ccc(C#Cc2ccc(F)cc2)cc1.O=C(c1ccc(F)cc1)c1ccc(C#Cc2ccc(C(=O)c3ccc(F)cc3)cc2)cc1.Oc1ccc(C#Cc2ccc(O)cc2)cc1. The molecule has 0 atom stereocenters. The van der Waals surface area contributed by atoms with Crippen LogP contribution in [0.1, 0.15) is 65.2 Å². The zero-order chi connectivity index (χ0) is 45.3. The lowest BCUT2D eigenvalue weighted by atomic mass is 10.0. The molecule has 0 saturated heterocycles. The van der Waals surface area contributed by atoms with Gasteiger partial charge in [-0.2, -0.15) is 0 Å². The van der Waals surface area contributed by atoms with Crippen molar-refractivity contribution in [2.45, 2.75) is 0 Å². The summed E-state index contributed by atoms with van der Waals surface area (Å²) in [5, 5.41) is 18.2. The molecule has 8 aromatic rings. The Balaban J connectivity index is 0.000000178. The van der Waals surface area contributed by atoms with Gasteiger partial charge in [0.1, 0.15) is 34.8 Å². The van der Waals surface area contributed by atoms with Crippen molar-refractivity contribution in [2.24, 2.45) is 0 Å². The van der Waals surface area contributed by atoms with Gasteiger partial charge in [0.2, 0.25) is 0 Å². The maximum Gasteiger partial charge on any atom is 0.193 e. The second-order valence-electron chi connectivity index (χ2n) is 13.7. The summed E-state index contributed by atoms with van der Waals surface area (Å²) in [5.41, 5.74) is 6.41. The summed E-state index contributed by atoms with van der Waals surface area (Å²) in [6.07, 6.45) is 0. The highest BCUT2D eigenvalue weighted by atomic mass is 19.1. The molecule has 0 fully saturated rings. The molecule has 0 aromatic heterocycles. The molecule has 0 amide bonds. The number of halogens is 4. The van der Waals surface area contributed by atoms with E-state index in [1.54, 1.807) is 121 Å². The van der Waals surface area contributed by atoms with E-state index < -0.39 is 0 Å². The summed E-state index contributed by atoms with van der Waals surface area (Å²) in [6, 6.07) is 49.8. The number of phenols is 2. The van der Waals surface area contributed by atoms with Crippen molar-refractivity contribution in [1.82, 2.24) is 0 Å².